The Bertz CT molecular complexity index is 451. The number of amides is 1. The van der Waals surface area contributed by atoms with Gasteiger partial charge in [-0.1, -0.05) is 0 Å². The molecule has 1 fully saturated rings. The van der Waals surface area contributed by atoms with Gasteiger partial charge >= 0.3 is 0 Å². The smallest absolute Gasteiger partial charge is 0.253 e. The lowest BCUT2D eigenvalue weighted by Crippen LogP contribution is -2.41. The first-order valence-electron chi connectivity index (χ1n) is 7.02. The second-order valence-electron chi connectivity index (χ2n) is 5.40. The highest BCUT2D eigenvalue weighted by atomic mass is 16.1. The maximum absolute atomic E-state index is 12.2. The van der Waals surface area contributed by atoms with Crippen molar-refractivity contribution in [1.29, 1.82) is 0 Å². The van der Waals surface area contributed by atoms with Gasteiger partial charge in [0.05, 0.1) is 11.3 Å². The van der Waals surface area contributed by atoms with Crippen LogP contribution in [0.4, 0.5) is 0 Å². The molecular formula is C15H23N3O. The van der Waals surface area contributed by atoms with Crippen LogP contribution in [-0.4, -0.2) is 30.0 Å². The van der Waals surface area contributed by atoms with Crippen LogP contribution >= 0.6 is 0 Å². The number of carbonyl (C=O) groups is 1. The summed E-state index contributed by atoms with van der Waals surface area (Å²) < 4.78 is 0. The van der Waals surface area contributed by atoms with E-state index in [1.54, 1.807) is 0 Å². The summed E-state index contributed by atoms with van der Waals surface area (Å²) in [6, 6.07) is 4.67. The molecule has 1 aromatic heterocycles. The number of carbonyl (C=O) groups excluding carboxylic acids is 1. The molecule has 1 aliphatic rings. The molecule has 0 aromatic carbocycles. The summed E-state index contributed by atoms with van der Waals surface area (Å²) >= 11 is 0. The van der Waals surface area contributed by atoms with Crippen molar-refractivity contribution in [3.63, 3.8) is 0 Å². The summed E-state index contributed by atoms with van der Waals surface area (Å²) in [5.41, 5.74) is 2.45. The van der Waals surface area contributed by atoms with Crippen molar-refractivity contribution in [2.24, 2.45) is 0 Å². The van der Waals surface area contributed by atoms with Crippen LogP contribution in [-0.2, 0) is 0 Å². The number of hydrogen-bond donors (Lipinski definition) is 2. The van der Waals surface area contributed by atoms with E-state index < -0.39 is 0 Å². The van der Waals surface area contributed by atoms with Gasteiger partial charge in [0.15, 0.2) is 0 Å². The first-order chi connectivity index (χ1) is 9.10. The summed E-state index contributed by atoms with van der Waals surface area (Å²) in [6.07, 6.45) is 4.37. The van der Waals surface area contributed by atoms with Crippen molar-refractivity contribution in [2.45, 2.75) is 51.6 Å². The standard InChI is InChI=1S/C15H23N3O/c1-10-4-9-14(11(2)17-10)15(19)18-13-7-5-12(16-3)6-8-13/h4,9,12-13,16H,5-8H2,1-3H3,(H,18,19). The van der Waals surface area contributed by atoms with Gasteiger partial charge in [-0.05, 0) is 58.7 Å². The molecule has 2 rings (SSSR count). The van der Waals surface area contributed by atoms with Gasteiger partial charge in [0.1, 0.15) is 0 Å². The number of aryl methyl sites for hydroxylation is 2. The van der Waals surface area contributed by atoms with Crippen LogP contribution in [0.25, 0.3) is 0 Å². The number of hydrogen-bond acceptors (Lipinski definition) is 3. The van der Waals surface area contributed by atoms with Crippen molar-refractivity contribution in [1.82, 2.24) is 15.6 Å². The zero-order valence-electron chi connectivity index (χ0n) is 12.0. The third-order valence-corrected chi connectivity index (χ3v) is 3.94. The Balaban J connectivity index is 1.94. The third-order valence-electron chi connectivity index (χ3n) is 3.94. The maximum Gasteiger partial charge on any atom is 0.253 e. The molecule has 1 aromatic rings. The van der Waals surface area contributed by atoms with Crippen molar-refractivity contribution in [2.75, 3.05) is 7.05 Å². The van der Waals surface area contributed by atoms with Gasteiger partial charge < -0.3 is 10.6 Å². The summed E-state index contributed by atoms with van der Waals surface area (Å²) in [5.74, 6) is 0.0120. The van der Waals surface area contributed by atoms with E-state index in [2.05, 4.69) is 15.6 Å². The average molecular weight is 261 g/mol. The molecule has 19 heavy (non-hydrogen) atoms. The van der Waals surface area contributed by atoms with Crippen LogP contribution in [0.2, 0.25) is 0 Å². The number of nitrogens with zero attached hydrogens (tertiary/aromatic N) is 1. The van der Waals surface area contributed by atoms with E-state index in [-0.39, 0.29) is 5.91 Å². The van der Waals surface area contributed by atoms with Crippen LogP contribution in [0, 0.1) is 13.8 Å². The fourth-order valence-electron chi connectivity index (χ4n) is 2.72. The molecule has 4 nitrogen and oxygen atoms in total. The molecule has 0 bridgehead atoms. The quantitative estimate of drug-likeness (QED) is 0.874. The Kier molecular flexibility index (Phi) is 4.53. The molecule has 1 saturated carbocycles. The fraction of sp³-hybridized carbons (Fsp3) is 0.600. The lowest BCUT2D eigenvalue weighted by atomic mass is 9.91. The molecule has 1 aliphatic carbocycles. The van der Waals surface area contributed by atoms with E-state index in [0.29, 0.717) is 17.6 Å². The third kappa shape index (κ3) is 3.53. The molecule has 0 unspecified atom stereocenters. The van der Waals surface area contributed by atoms with Crippen molar-refractivity contribution in [3.8, 4) is 0 Å². The molecule has 0 aliphatic heterocycles. The molecule has 104 valence electrons. The van der Waals surface area contributed by atoms with Crippen LogP contribution in [0.5, 0.6) is 0 Å². The van der Waals surface area contributed by atoms with E-state index in [0.717, 1.165) is 37.1 Å². The Labute approximate surface area is 115 Å². The highest BCUT2D eigenvalue weighted by molar-refractivity contribution is 5.95. The Hall–Kier alpha value is -1.42. The van der Waals surface area contributed by atoms with Gasteiger partial charge in [-0.15, -0.1) is 0 Å². The molecule has 2 N–H and O–H groups in total. The molecule has 0 saturated heterocycles. The van der Waals surface area contributed by atoms with E-state index in [1.165, 1.54) is 0 Å². The van der Waals surface area contributed by atoms with Gasteiger partial charge in [-0.2, -0.15) is 0 Å². The Morgan fingerprint density at radius 2 is 1.79 bits per heavy atom. The predicted molar refractivity (Wildman–Crippen MR) is 76.3 cm³/mol. The summed E-state index contributed by atoms with van der Waals surface area (Å²) in [7, 11) is 2.00. The SMILES string of the molecule is CNC1CCC(NC(=O)c2ccc(C)nc2C)CC1. The van der Waals surface area contributed by atoms with Crippen molar-refractivity contribution < 1.29 is 4.79 Å². The number of rotatable bonds is 3. The molecule has 1 heterocycles. The molecule has 0 radical (unpaired) electrons. The normalized spacial score (nSPS) is 23.1. The van der Waals surface area contributed by atoms with Crippen LogP contribution in [0.1, 0.15) is 47.4 Å². The first kappa shape index (κ1) is 14.0. The fourth-order valence-corrected chi connectivity index (χ4v) is 2.72. The minimum absolute atomic E-state index is 0.0120. The number of aromatic nitrogens is 1. The van der Waals surface area contributed by atoms with E-state index >= 15 is 0 Å². The molecular weight excluding hydrogens is 238 g/mol. The van der Waals surface area contributed by atoms with Crippen molar-refractivity contribution in [3.05, 3.63) is 29.1 Å². The average Bonchev–Trinajstić information content (AvgIpc) is 2.39. The minimum Gasteiger partial charge on any atom is -0.349 e. The lowest BCUT2D eigenvalue weighted by Gasteiger charge is -2.28. The maximum atomic E-state index is 12.2. The largest absolute Gasteiger partial charge is 0.349 e. The molecule has 0 spiro atoms. The van der Waals surface area contributed by atoms with Gasteiger partial charge in [0.2, 0.25) is 0 Å². The predicted octanol–water partition coefficient (Wildman–Crippen LogP) is 1.96. The highest BCUT2D eigenvalue weighted by Gasteiger charge is 2.22. The van der Waals surface area contributed by atoms with E-state index in [1.807, 2.05) is 33.0 Å². The first-order valence-corrected chi connectivity index (χ1v) is 7.02. The van der Waals surface area contributed by atoms with E-state index in [9.17, 15) is 4.79 Å². The zero-order valence-corrected chi connectivity index (χ0v) is 12.0. The highest BCUT2D eigenvalue weighted by Crippen LogP contribution is 2.19. The lowest BCUT2D eigenvalue weighted by molar-refractivity contribution is 0.0923. The number of pyridine rings is 1. The Morgan fingerprint density at radius 1 is 1.16 bits per heavy atom. The van der Waals surface area contributed by atoms with Crippen LogP contribution in [0.15, 0.2) is 12.1 Å². The van der Waals surface area contributed by atoms with Gasteiger partial charge in [0, 0.05) is 17.8 Å². The molecule has 1 amide bonds. The minimum atomic E-state index is 0.0120. The summed E-state index contributed by atoms with van der Waals surface area (Å²) in [5, 5.41) is 6.44. The van der Waals surface area contributed by atoms with Gasteiger partial charge in [-0.25, -0.2) is 0 Å². The monoisotopic (exact) mass is 261 g/mol. The van der Waals surface area contributed by atoms with Gasteiger partial charge in [0.25, 0.3) is 5.91 Å². The molecule has 0 atom stereocenters. The number of nitrogens with one attached hydrogen (secondary N) is 2. The topological polar surface area (TPSA) is 54.0 Å². The zero-order chi connectivity index (χ0) is 13.8. The Morgan fingerprint density at radius 3 is 2.37 bits per heavy atom. The van der Waals surface area contributed by atoms with Crippen LogP contribution in [0.3, 0.4) is 0 Å². The van der Waals surface area contributed by atoms with Crippen LogP contribution < -0.4 is 10.6 Å². The summed E-state index contributed by atoms with van der Waals surface area (Å²) in [6.45, 7) is 3.83. The second kappa shape index (κ2) is 6.15. The van der Waals surface area contributed by atoms with E-state index in [4.69, 9.17) is 0 Å². The summed E-state index contributed by atoms with van der Waals surface area (Å²) in [4.78, 5) is 16.6. The molecule has 4 heteroatoms. The van der Waals surface area contributed by atoms with Crippen molar-refractivity contribution >= 4 is 5.91 Å². The second-order valence-corrected chi connectivity index (χ2v) is 5.40. The van der Waals surface area contributed by atoms with Gasteiger partial charge in [-0.3, -0.25) is 9.78 Å².